The fourth-order valence-corrected chi connectivity index (χ4v) is 0. The van der Waals surface area contributed by atoms with Crippen LogP contribution in [0.4, 0.5) is 18.8 Å². The Labute approximate surface area is 92.6 Å². The van der Waals surface area contributed by atoms with Crippen molar-refractivity contribution in [2.45, 2.75) is 0 Å². The predicted molar refractivity (Wildman–Crippen MR) is 18.0 cm³/mol. The van der Waals surface area contributed by atoms with Crippen LogP contribution in [-0.4, -0.2) is 23.1 Å². The molecule has 0 aromatic rings. The van der Waals surface area contributed by atoms with Crippen LogP contribution in [-0.2, 0) is 0 Å². The van der Waals surface area contributed by atoms with Gasteiger partial charge in [0.1, 0.15) is 0 Å². The number of hydrogen-bond donors (Lipinski definition) is 0. The first-order chi connectivity index (χ1) is 0. The second-order valence-corrected chi connectivity index (χ2v) is 0. The monoisotopic (exact) mass is 259 g/mol. The van der Waals surface area contributed by atoms with E-state index < -0.39 is 0 Å². The van der Waals surface area contributed by atoms with Crippen LogP contribution >= 0.6 is 0 Å². The molecule has 0 aromatic carbocycles. The average Bonchev–Trinajstić information content (AvgIpc) is 0. The van der Waals surface area contributed by atoms with Gasteiger partial charge in [-0.15, -0.1) is 0 Å². The maximum atomic E-state index is 0. The van der Waals surface area contributed by atoms with Crippen molar-refractivity contribution in [2.75, 3.05) is 0 Å². The summed E-state index contributed by atoms with van der Waals surface area (Å²) in [5, 5.41) is 0. The zero-order valence-corrected chi connectivity index (χ0v) is 6.56. The normalized spacial score (nSPS) is 0. The van der Waals surface area contributed by atoms with Gasteiger partial charge in [0.25, 0.3) is 0 Å². The average molecular weight is 258 g/mol. The molecule has 0 bridgehead atoms. The summed E-state index contributed by atoms with van der Waals surface area (Å²) in [6, 6.07) is 0. The van der Waals surface area contributed by atoms with Crippen molar-refractivity contribution in [3.63, 3.8) is 0 Å². The molecule has 0 amide bonds. The van der Waals surface area contributed by atoms with Gasteiger partial charge in [0.15, 0.2) is 0 Å². The number of halogens is 4. The van der Waals surface area contributed by atoms with Gasteiger partial charge < -0.3 is 2.85 Å². The van der Waals surface area contributed by atoms with Gasteiger partial charge >= 0.3 is 23.1 Å². The largest absolute Gasteiger partial charge is 2.00 e. The van der Waals surface area contributed by atoms with E-state index in [-0.39, 0.29) is 94.1 Å². The molecule has 0 rings (SSSR count). The van der Waals surface area contributed by atoms with Crippen LogP contribution in [0.2, 0.25) is 0 Å². The zero-order valence-electron chi connectivity index (χ0n) is 4.72. The molecular formula is H6EuF4Mg. The maximum Gasteiger partial charge on any atom is 2.00 e. The van der Waals surface area contributed by atoms with Crippen LogP contribution in [0.5, 0.6) is 0 Å². The SMILES string of the molecule is F.F.F.F.[Eu].[H-].[H-].[Mg+2]. The van der Waals surface area contributed by atoms with E-state index in [0.29, 0.717) is 0 Å². The first-order valence-corrected chi connectivity index (χ1v) is 0. The minimum atomic E-state index is 0. The van der Waals surface area contributed by atoms with Crippen LogP contribution in [0.25, 0.3) is 0 Å². The Kier molecular flexibility index (Phi) is 953. The Balaban J connectivity index is 0. The van der Waals surface area contributed by atoms with Crippen molar-refractivity contribution >= 4 is 23.1 Å². The van der Waals surface area contributed by atoms with Gasteiger partial charge in [-0.2, -0.15) is 0 Å². The molecule has 0 fully saturated rings. The van der Waals surface area contributed by atoms with Crippen molar-refractivity contribution in [3.05, 3.63) is 0 Å². The minimum absolute atomic E-state index is 0. The molecule has 0 atom stereocenters. The molecule has 0 saturated carbocycles. The van der Waals surface area contributed by atoms with E-state index >= 15 is 0 Å². The molecule has 6 heavy (non-hydrogen) atoms. The molecule has 0 N–H and O–H groups in total. The Hall–Kier alpha value is 2.07. The third kappa shape index (κ3) is 36.4. The topological polar surface area (TPSA) is 0 Å². The van der Waals surface area contributed by atoms with Gasteiger partial charge in [-0.05, 0) is 0 Å². The van der Waals surface area contributed by atoms with Crippen LogP contribution < -0.4 is 0 Å². The molecule has 0 nitrogen and oxygen atoms in total. The third-order valence-electron chi connectivity index (χ3n) is 0. The smallest absolute Gasteiger partial charge is 1.00 e. The van der Waals surface area contributed by atoms with Gasteiger partial charge in [0, 0.05) is 49.4 Å². The van der Waals surface area contributed by atoms with Crippen molar-refractivity contribution in [2.24, 2.45) is 0 Å². The van der Waals surface area contributed by atoms with Crippen LogP contribution in [0.1, 0.15) is 2.85 Å². The van der Waals surface area contributed by atoms with E-state index in [4.69, 9.17) is 0 Å². The summed E-state index contributed by atoms with van der Waals surface area (Å²) in [4.78, 5) is 0. The molecule has 0 unspecified atom stereocenters. The molecule has 0 saturated heterocycles. The summed E-state index contributed by atoms with van der Waals surface area (Å²) >= 11 is 0. The molecule has 6 heteroatoms. The first kappa shape index (κ1) is 94.1. The van der Waals surface area contributed by atoms with Crippen molar-refractivity contribution < 1.29 is 71.0 Å². The predicted octanol–water partition coefficient (Wildman–Crippen LogP) is 0.454. The minimum Gasteiger partial charge on any atom is -1.00 e. The van der Waals surface area contributed by atoms with Crippen LogP contribution in [0.15, 0.2) is 0 Å². The molecule has 0 aliphatic rings. The van der Waals surface area contributed by atoms with Crippen molar-refractivity contribution in [3.8, 4) is 0 Å². The van der Waals surface area contributed by atoms with E-state index in [1.807, 2.05) is 0 Å². The summed E-state index contributed by atoms with van der Waals surface area (Å²) in [6.07, 6.45) is 0. The Bertz CT molecular complexity index is 14.0. The summed E-state index contributed by atoms with van der Waals surface area (Å²) in [7, 11) is 0. The van der Waals surface area contributed by atoms with E-state index in [1.165, 1.54) is 0 Å². The van der Waals surface area contributed by atoms with E-state index in [2.05, 4.69) is 0 Å². The molecule has 0 aliphatic carbocycles. The Morgan fingerprint density at radius 3 is 0.667 bits per heavy atom. The summed E-state index contributed by atoms with van der Waals surface area (Å²) in [5.74, 6) is 0. The summed E-state index contributed by atoms with van der Waals surface area (Å²) < 4.78 is 0. The Morgan fingerprint density at radius 2 is 0.667 bits per heavy atom. The fourth-order valence-electron chi connectivity index (χ4n) is 0. The van der Waals surface area contributed by atoms with Crippen LogP contribution in [0, 0.1) is 49.4 Å². The third-order valence-corrected chi connectivity index (χ3v) is 0. The number of rotatable bonds is 0. The number of hydrogen-bond acceptors (Lipinski definition) is 0. The second-order valence-electron chi connectivity index (χ2n) is 0. The molecule has 0 aromatic heterocycles. The van der Waals surface area contributed by atoms with Crippen molar-refractivity contribution in [1.29, 1.82) is 0 Å². The summed E-state index contributed by atoms with van der Waals surface area (Å²) in [5.41, 5.74) is 0. The standard InChI is InChI=1S/Eu.4FH.Mg.2H/h;4*1H;;;/q;;;;;+2;2*-1. The van der Waals surface area contributed by atoms with Gasteiger partial charge in [-0.3, -0.25) is 18.8 Å². The second kappa shape index (κ2) is 60.8. The molecule has 0 aliphatic heterocycles. The molecule has 0 heterocycles. The van der Waals surface area contributed by atoms with Gasteiger partial charge in [-0.25, -0.2) is 0 Å². The fraction of sp³-hybridized carbons (Fsp3) is 0. The van der Waals surface area contributed by atoms with Crippen molar-refractivity contribution in [1.82, 2.24) is 0 Å². The quantitative estimate of drug-likeness (QED) is 0.437. The van der Waals surface area contributed by atoms with Gasteiger partial charge in [-0.1, -0.05) is 0 Å². The van der Waals surface area contributed by atoms with E-state index in [9.17, 15) is 0 Å². The molecule has 1 radical (unpaired) electrons. The Morgan fingerprint density at radius 1 is 0.667 bits per heavy atom. The molecular weight excluding hydrogens is 252 g/mol. The first-order valence-electron chi connectivity index (χ1n) is 0. The molecule has 0 spiro atoms. The van der Waals surface area contributed by atoms with Gasteiger partial charge in [0.05, 0.1) is 0 Å². The van der Waals surface area contributed by atoms with E-state index in [1.54, 1.807) is 0 Å². The zero-order chi connectivity index (χ0) is 0. The summed E-state index contributed by atoms with van der Waals surface area (Å²) in [6.45, 7) is 0. The van der Waals surface area contributed by atoms with E-state index in [0.717, 1.165) is 0 Å². The maximum absolute atomic E-state index is 0. The van der Waals surface area contributed by atoms with Gasteiger partial charge in [0.2, 0.25) is 0 Å². The molecule has 43 valence electrons. The van der Waals surface area contributed by atoms with Crippen LogP contribution in [0.3, 0.4) is 0 Å².